The normalized spacial score (nSPS) is 22.6. The number of hydrogen-bond acceptors (Lipinski definition) is 2. The van der Waals surface area contributed by atoms with E-state index in [1.54, 1.807) is 0 Å². The summed E-state index contributed by atoms with van der Waals surface area (Å²) in [6.45, 7) is 0. The molecule has 104 valence electrons. The van der Waals surface area contributed by atoms with Crippen LogP contribution in [0, 0.1) is 0 Å². The SMILES string of the molecule is O=C1CC[C@H](c2cccc(Cl)c2)[C@@H](c2ccc(Cl)s2)N1. The van der Waals surface area contributed by atoms with Gasteiger partial charge in [-0.3, -0.25) is 4.79 Å². The second-order valence-electron chi connectivity index (χ2n) is 4.89. The zero-order valence-corrected chi connectivity index (χ0v) is 12.9. The number of nitrogens with one attached hydrogen (secondary N) is 1. The van der Waals surface area contributed by atoms with Crippen molar-refractivity contribution in [1.82, 2.24) is 5.32 Å². The number of halogens is 2. The maximum absolute atomic E-state index is 11.7. The third-order valence-corrected chi connectivity index (χ3v) is 5.13. The van der Waals surface area contributed by atoms with Gasteiger partial charge in [0, 0.05) is 22.2 Å². The van der Waals surface area contributed by atoms with Crippen LogP contribution in [0.25, 0.3) is 0 Å². The number of carbonyl (C=O) groups is 1. The molecule has 20 heavy (non-hydrogen) atoms. The minimum atomic E-state index is -0.0211. The topological polar surface area (TPSA) is 29.1 Å². The van der Waals surface area contributed by atoms with Crippen LogP contribution >= 0.6 is 34.5 Å². The standard InChI is InChI=1S/C15H13Cl2NOS/c16-10-3-1-2-9(8-10)11-4-7-14(19)18-15(11)12-5-6-13(17)20-12/h1-3,5-6,8,11,15H,4,7H2,(H,18,19)/t11-,15+/m1/s1. The smallest absolute Gasteiger partial charge is 0.220 e. The van der Waals surface area contributed by atoms with E-state index in [2.05, 4.69) is 11.4 Å². The second kappa shape index (κ2) is 5.76. The van der Waals surface area contributed by atoms with Crippen molar-refractivity contribution in [3.63, 3.8) is 0 Å². The molecule has 0 bridgehead atoms. The van der Waals surface area contributed by atoms with Crippen molar-refractivity contribution < 1.29 is 4.79 Å². The van der Waals surface area contributed by atoms with Crippen LogP contribution in [0.15, 0.2) is 36.4 Å². The highest BCUT2D eigenvalue weighted by atomic mass is 35.5. The number of carbonyl (C=O) groups excluding carboxylic acids is 1. The molecule has 0 aliphatic carbocycles. The number of amides is 1. The van der Waals surface area contributed by atoms with E-state index in [9.17, 15) is 4.79 Å². The molecule has 2 heterocycles. The van der Waals surface area contributed by atoms with Crippen molar-refractivity contribution in [1.29, 1.82) is 0 Å². The maximum Gasteiger partial charge on any atom is 0.220 e. The van der Waals surface area contributed by atoms with Crippen molar-refractivity contribution in [2.75, 3.05) is 0 Å². The third kappa shape index (κ3) is 2.85. The van der Waals surface area contributed by atoms with Crippen molar-refractivity contribution in [3.05, 3.63) is 56.2 Å². The van der Waals surface area contributed by atoms with Crippen LogP contribution < -0.4 is 5.32 Å². The van der Waals surface area contributed by atoms with Crippen LogP contribution in [0.4, 0.5) is 0 Å². The van der Waals surface area contributed by atoms with Crippen molar-refractivity contribution in [3.8, 4) is 0 Å². The number of rotatable bonds is 2. The molecule has 0 spiro atoms. The van der Waals surface area contributed by atoms with E-state index in [4.69, 9.17) is 23.2 Å². The summed E-state index contributed by atoms with van der Waals surface area (Å²) in [4.78, 5) is 12.8. The van der Waals surface area contributed by atoms with Gasteiger partial charge in [0.05, 0.1) is 10.4 Å². The Kier molecular flexibility index (Phi) is 4.01. The predicted octanol–water partition coefficient (Wildman–Crippen LogP) is 4.79. The zero-order chi connectivity index (χ0) is 14.1. The van der Waals surface area contributed by atoms with Gasteiger partial charge in [0.2, 0.25) is 5.91 Å². The van der Waals surface area contributed by atoms with E-state index in [-0.39, 0.29) is 17.9 Å². The summed E-state index contributed by atoms with van der Waals surface area (Å²) in [5.74, 6) is 0.332. The molecule has 5 heteroatoms. The summed E-state index contributed by atoms with van der Waals surface area (Å²) in [5.41, 5.74) is 1.16. The lowest BCUT2D eigenvalue weighted by atomic mass is 9.84. The molecule has 2 aromatic rings. The van der Waals surface area contributed by atoms with Crippen molar-refractivity contribution in [2.24, 2.45) is 0 Å². The van der Waals surface area contributed by atoms with E-state index in [1.165, 1.54) is 11.3 Å². The second-order valence-corrected chi connectivity index (χ2v) is 7.07. The van der Waals surface area contributed by atoms with E-state index in [0.717, 1.165) is 26.2 Å². The van der Waals surface area contributed by atoms with Gasteiger partial charge in [-0.1, -0.05) is 35.3 Å². The molecule has 0 saturated carbocycles. The van der Waals surface area contributed by atoms with Crippen LogP contribution in [-0.2, 0) is 4.79 Å². The Balaban J connectivity index is 1.96. The Bertz CT molecular complexity index is 640. The van der Waals surface area contributed by atoms with Crippen LogP contribution in [0.5, 0.6) is 0 Å². The quantitative estimate of drug-likeness (QED) is 0.845. The molecule has 3 rings (SSSR count). The van der Waals surface area contributed by atoms with Gasteiger partial charge in [0.15, 0.2) is 0 Å². The van der Waals surface area contributed by atoms with Crippen molar-refractivity contribution >= 4 is 40.4 Å². The van der Waals surface area contributed by atoms with Crippen molar-refractivity contribution in [2.45, 2.75) is 24.8 Å². The Labute approximate surface area is 131 Å². The highest BCUT2D eigenvalue weighted by molar-refractivity contribution is 7.16. The van der Waals surface area contributed by atoms with Crippen LogP contribution in [0.2, 0.25) is 9.36 Å². The predicted molar refractivity (Wildman–Crippen MR) is 83.6 cm³/mol. The van der Waals surface area contributed by atoms with E-state index in [0.29, 0.717) is 6.42 Å². The van der Waals surface area contributed by atoms with Gasteiger partial charge in [0.1, 0.15) is 0 Å². The Morgan fingerprint density at radius 2 is 2.05 bits per heavy atom. The first-order valence-corrected chi connectivity index (χ1v) is 8.01. The molecule has 1 N–H and O–H groups in total. The van der Waals surface area contributed by atoms with Gasteiger partial charge in [-0.15, -0.1) is 11.3 Å². The molecule has 2 atom stereocenters. The summed E-state index contributed by atoms with van der Waals surface area (Å²) in [7, 11) is 0. The minimum Gasteiger partial charge on any atom is -0.348 e. The molecular weight excluding hydrogens is 313 g/mol. The van der Waals surface area contributed by atoms with E-state index < -0.39 is 0 Å². The first kappa shape index (κ1) is 13.9. The summed E-state index contributed by atoms with van der Waals surface area (Å²) < 4.78 is 0.740. The third-order valence-electron chi connectivity index (χ3n) is 3.58. The van der Waals surface area contributed by atoms with Gasteiger partial charge in [-0.2, -0.15) is 0 Å². The van der Waals surface area contributed by atoms with Crippen LogP contribution in [-0.4, -0.2) is 5.91 Å². The Morgan fingerprint density at radius 1 is 1.20 bits per heavy atom. The van der Waals surface area contributed by atoms with E-state index in [1.807, 2.05) is 30.3 Å². The molecule has 1 amide bonds. The molecule has 1 aromatic heterocycles. The van der Waals surface area contributed by atoms with Gasteiger partial charge < -0.3 is 5.32 Å². The molecular formula is C15H13Cl2NOS. The Hall–Kier alpha value is -1.03. The number of hydrogen-bond donors (Lipinski definition) is 1. The van der Waals surface area contributed by atoms with Crippen LogP contribution in [0.1, 0.15) is 35.2 Å². The average molecular weight is 326 g/mol. The van der Waals surface area contributed by atoms with Crippen LogP contribution in [0.3, 0.4) is 0 Å². The maximum atomic E-state index is 11.7. The largest absolute Gasteiger partial charge is 0.348 e. The lowest BCUT2D eigenvalue weighted by Gasteiger charge is -2.32. The summed E-state index contributed by atoms with van der Waals surface area (Å²) in [5, 5.41) is 3.81. The number of benzene rings is 1. The highest BCUT2D eigenvalue weighted by Gasteiger charge is 2.32. The fourth-order valence-electron chi connectivity index (χ4n) is 2.66. The first-order chi connectivity index (χ1) is 9.63. The molecule has 2 nitrogen and oxygen atoms in total. The van der Waals surface area contributed by atoms with Gasteiger partial charge in [-0.05, 0) is 36.2 Å². The average Bonchev–Trinajstić information content (AvgIpc) is 2.85. The summed E-state index contributed by atoms with van der Waals surface area (Å²) in [6.07, 6.45) is 1.37. The lowest BCUT2D eigenvalue weighted by molar-refractivity contribution is -0.123. The molecule has 1 aliphatic heterocycles. The van der Waals surface area contributed by atoms with Gasteiger partial charge in [0.25, 0.3) is 0 Å². The summed E-state index contributed by atoms with van der Waals surface area (Å²) >= 11 is 13.6. The highest BCUT2D eigenvalue weighted by Crippen LogP contribution is 2.41. The number of thiophene rings is 1. The minimum absolute atomic E-state index is 0.0211. The monoisotopic (exact) mass is 325 g/mol. The molecule has 1 saturated heterocycles. The van der Waals surface area contributed by atoms with Gasteiger partial charge in [-0.25, -0.2) is 0 Å². The molecule has 0 unspecified atom stereocenters. The van der Waals surface area contributed by atoms with Gasteiger partial charge >= 0.3 is 0 Å². The van der Waals surface area contributed by atoms with E-state index >= 15 is 0 Å². The fourth-order valence-corrected chi connectivity index (χ4v) is 4.04. The molecule has 1 aliphatic rings. The number of piperidine rings is 1. The molecule has 1 aromatic carbocycles. The fraction of sp³-hybridized carbons (Fsp3) is 0.267. The molecule has 0 radical (unpaired) electrons. The molecule has 1 fully saturated rings. The first-order valence-electron chi connectivity index (χ1n) is 6.43. The summed E-state index contributed by atoms with van der Waals surface area (Å²) in [6, 6.07) is 11.7. The Morgan fingerprint density at radius 3 is 2.75 bits per heavy atom. The lowest BCUT2D eigenvalue weighted by Crippen LogP contribution is -2.37. The zero-order valence-electron chi connectivity index (χ0n) is 10.6.